The number of hydrogen-bond acceptors (Lipinski definition) is 10. The number of alkyl halides is 3. The van der Waals surface area contributed by atoms with Crippen molar-refractivity contribution in [2.45, 2.75) is 19.1 Å². The zero-order valence-corrected chi connectivity index (χ0v) is 31.6. The Morgan fingerprint density at radius 2 is 1.54 bits per heavy atom. The van der Waals surface area contributed by atoms with Crippen LogP contribution in [-0.2, 0) is 27.0 Å². The zero-order chi connectivity index (χ0) is 38.2. The second kappa shape index (κ2) is 18.3. The third-order valence-corrected chi connectivity index (χ3v) is 10.8. The molecule has 3 fully saturated rings. The largest absolute Gasteiger partial charge is 0.493 e. The third-order valence-electron chi connectivity index (χ3n) is 9.14. The number of aromatic carboxylic acids is 1. The van der Waals surface area contributed by atoms with Crippen LogP contribution in [0.4, 0.5) is 13.2 Å². The summed E-state index contributed by atoms with van der Waals surface area (Å²) in [6.07, 6.45) is -2.44. The Hall–Kier alpha value is -3.70. The molecule has 16 heteroatoms. The smallest absolute Gasteiger partial charge is 0.417 e. The average molecular weight is 806 g/mol. The first-order valence-electron chi connectivity index (χ1n) is 17.4. The molecule has 1 amide bonds. The van der Waals surface area contributed by atoms with Gasteiger partial charge < -0.3 is 24.1 Å². The van der Waals surface area contributed by atoms with E-state index in [0.717, 1.165) is 49.6 Å². The molecule has 10 nitrogen and oxygen atoms in total. The van der Waals surface area contributed by atoms with E-state index in [1.165, 1.54) is 23.1 Å². The van der Waals surface area contributed by atoms with Crippen LogP contribution in [0.3, 0.4) is 0 Å². The number of carboxylic acid groups (broad SMARTS) is 1. The van der Waals surface area contributed by atoms with Crippen LogP contribution < -0.4 is 9.47 Å². The highest BCUT2D eigenvalue weighted by Gasteiger charge is 2.34. The normalized spacial score (nSPS) is 18.1. The number of amides is 1. The fourth-order valence-electron chi connectivity index (χ4n) is 6.22. The van der Waals surface area contributed by atoms with Crippen LogP contribution >= 0.6 is 35.6 Å². The molecule has 0 aromatic heterocycles. The number of carbonyl (C=O) groups excluding carboxylic acids is 1. The molecule has 0 atom stereocenters. The van der Waals surface area contributed by atoms with Gasteiger partial charge in [-0.25, -0.2) is 4.79 Å². The molecule has 3 saturated heterocycles. The summed E-state index contributed by atoms with van der Waals surface area (Å²) in [7, 11) is 0. The number of hydrogen-bond donors (Lipinski definition) is 1. The van der Waals surface area contributed by atoms with E-state index in [9.17, 15) is 27.9 Å². The van der Waals surface area contributed by atoms with Gasteiger partial charge in [0.25, 0.3) is 5.91 Å². The minimum absolute atomic E-state index is 0.175. The molecule has 3 aliphatic heterocycles. The number of rotatable bonds is 14. The van der Waals surface area contributed by atoms with Gasteiger partial charge >= 0.3 is 12.1 Å². The second-order valence-corrected chi connectivity index (χ2v) is 14.9. The van der Waals surface area contributed by atoms with E-state index < -0.39 is 22.7 Å². The minimum Gasteiger partial charge on any atom is -0.493 e. The maximum absolute atomic E-state index is 13.7. The van der Waals surface area contributed by atoms with E-state index in [4.69, 9.17) is 42.8 Å². The van der Waals surface area contributed by atoms with Gasteiger partial charge in [0.2, 0.25) is 0 Å². The maximum Gasteiger partial charge on any atom is 0.417 e. The quantitative estimate of drug-likeness (QED) is 0.104. The van der Waals surface area contributed by atoms with Gasteiger partial charge in [0.05, 0.1) is 54.1 Å². The van der Waals surface area contributed by atoms with Gasteiger partial charge in [-0.3, -0.25) is 19.5 Å². The lowest BCUT2D eigenvalue weighted by Crippen LogP contribution is -2.38. The number of ether oxygens (including phenoxy) is 4. The summed E-state index contributed by atoms with van der Waals surface area (Å²) in [5, 5.41) is 9.12. The Bertz CT molecular complexity index is 1890. The molecule has 0 unspecified atom stereocenters. The van der Waals surface area contributed by atoms with Crippen molar-refractivity contribution in [3.63, 3.8) is 0 Å². The summed E-state index contributed by atoms with van der Waals surface area (Å²) >= 11 is 12.8. The Balaban J connectivity index is 1.15. The van der Waals surface area contributed by atoms with Crippen molar-refractivity contribution < 1.29 is 46.8 Å². The molecule has 0 spiro atoms. The van der Waals surface area contributed by atoms with Crippen LogP contribution in [0.1, 0.15) is 33.5 Å². The standard InChI is InChI=1S/C38H39ClF3N3O7S2/c39-31-22-26(2-5-30(31)38(40,41)42)25-3-6-32(52-19-13-43-9-15-49-16-10-43)28(20-25)23-34-35(46)45(37(53)54-34)8-1-14-51-33-7-4-27(36(47)48)21-29(33)24-44-11-17-50-18-12-44/h2-7,20-23H,1,8-19,24H2,(H,47,48)/b34-23-. The third kappa shape index (κ3) is 10.3. The molecule has 3 heterocycles. The van der Waals surface area contributed by atoms with E-state index in [2.05, 4.69) is 9.80 Å². The summed E-state index contributed by atoms with van der Waals surface area (Å²) < 4.78 is 63.7. The first-order valence-corrected chi connectivity index (χ1v) is 19.0. The molecule has 54 heavy (non-hydrogen) atoms. The first-order chi connectivity index (χ1) is 26.0. The van der Waals surface area contributed by atoms with Gasteiger partial charge in [0.15, 0.2) is 0 Å². The highest BCUT2D eigenvalue weighted by atomic mass is 35.5. The van der Waals surface area contributed by atoms with Gasteiger partial charge in [-0.05, 0) is 66.1 Å². The lowest BCUT2D eigenvalue weighted by atomic mass is 10.0. The van der Waals surface area contributed by atoms with Gasteiger partial charge in [0, 0.05) is 56.9 Å². The molecular formula is C38H39ClF3N3O7S2. The van der Waals surface area contributed by atoms with Crippen molar-refractivity contribution in [3.05, 3.63) is 86.8 Å². The van der Waals surface area contributed by atoms with Crippen LogP contribution in [-0.4, -0.2) is 115 Å². The first kappa shape index (κ1) is 40.0. The maximum atomic E-state index is 13.7. The van der Waals surface area contributed by atoms with E-state index in [1.807, 2.05) is 0 Å². The van der Waals surface area contributed by atoms with Crippen molar-refractivity contribution in [1.82, 2.24) is 14.7 Å². The number of morpholine rings is 2. The van der Waals surface area contributed by atoms with Crippen LogP contribution in [0.2, 0.25) is 5.02 Å². The fourth-order valence-corrected chi connectivity index (χ4v) is 7.81. The molecule has 6 rings (SSSR count). The molecule has 0 aliphatic carbocycles. The fraction of sp³-hybridized carbons (Fsp3) is 0.395. The van der Waals surface area contributed by atoms with Crippen LogP contribution in [0.15, 0.2) is 59.5 Å². The number of carboxylic acids is 1. The molecule has 0 bridgehead atoms. The Labute approximate surface area is 325 Å². The molecule has 1 N–H and O–H groups in total. The van der Waals surface area contributed by atoms with Crippen LogP contribution in [0.25, 0.3) is 17.2 Å². The minimum atomic E-state index is -4.58. The lowest BCUT2D eigenvalue weighted by Gasteiger charge is -2.27. The Morgan fingerprint density at radius 3 is 2.22 bits per heavy atom. The topological polar surface area (TPSA) is 101 Å². The SMILES string of the molecule is O=C(O)c1ccc(OCCCN2C(=O)/C(=C/c3cc(-c4ccc(C(F)(F)F)c(Cl)c4)ccc3OCCN3CCOCC3)SC2=S)c(CN2CCOCC2)c1. The molecule has 288 valence electrons. The predicted octanol–water partition coefficient (Wildman–Crippen LogP) is 6.94. The van der Waals surface area contributed by atoms with Crippen LogP contribution in [0.5, 0.6) is 11.5 Å². The lowest BCUT2D eigenvalue weighted by molar-refractivity contribution is -0.137. The summed E-state index contributed by atoms with van der Waals surface area (Å²) in [6.45, 7) is 7.69. The molecule has 3 aliphatic rings. The molecule has 0 radical (unpaired) electrons. The van der Waals surface area contributed by atoms with Crippen molar-refractivity contribution in [2.24, 2.45) is 0 Å². The number of halogens is 4. The van der Waals surface area contributed by atoms with Crippen molar-refractivity contribution in [2.75, 3.05) is 78.9 Å². The predicted molar refractivity (Wildman–Crippen MR) is 204 cm³/mol. The number of nitrogens with zero attached hydrogens (tertiary/aromatic N) is 3. The number of thioether (sulfide) groups is 1. The number of benzene rings is 3. The summed E-state index contributed by atoms with van der Waals surface area (Å²) in [6, 6.07) is 13.6. The van der Waals surface area contributed by atoms with E-state index in [0.29, 0.717) is 96.5 Å². The van der Waals surface area contributed by atoms with Gasteiger partial charge in [-0.2, -0.15) is 13.2 Å². The van der Waals surface area contributed by atoms with E-state index in [1.54, 1.807) is 36.4 Å². The van der Waals surface area contributed by atoms with Crippen molar-refractivity contribution in [3.8, 4) is 22.6 Å². The highest BCUT2D eigenvalue weighted by Crippen LogP contribution is 2.39. The number of carbonyl (C=O) groups is 2. The van der Waals surface area contributed by atoms with E-state index in [-0.39, 0.29) is 18.1 Å². The molecule has 3 aromatic rings. The summed E-state index contributed by atoms with van der Waals surface area (Å²) in [5.74, 6) is -0.224. The highest BCUT2D eigenvalue weighted by molar-refractivity contribution is 8.26. The second-order valence-electron chi connectivity index (χ2n) is 12.8. The van der Waals surface area contributed by atoms with Crippen LogP contribution in [0, 0.1) is 0 Å². The summed E-state index contributed by atoms with van der Waals surface area (Å²) in [4.78, 5) is 31.6. The molecule has 3 aromatic carbocycles. The van der Waals surface area contributed by atoms with Crippen molar-refractivity contribution >= 4 is 57.9 Å². The monoisotopic (exact) mass is 805 g/mol. The molecule has 0 saturated carbocycles. The molecular weight excluding hydrogens is 767 g/mol. The van der Waals surface area contributed by atoms with Gasteiger partial charge in [0.1, 0.15) is 22.4 Å². The average Bonchev–Trinajstić information content (AvgIpc) is 3.41. The Kier molecular flexibility index (Phi) is 13.5. The van der Waals surface area contributed by atoms with Crippen molar-refractivity contribution in [1.29, 1.82) is 0 Å². The van der Waals surface area contributed by atoms with Gasteiger partial charge in [-0.15, -0.1) is 0 Å². The number of thiocarbonyl (C=S) groups is 1. The Morgan fingerprint density at radius 1 is 0.889 bits per heavy atom. The summed E-state index contributed by atoms with van der Waals surface area (Å²) in [5.41, 5.74) is 1.64. The van der Waals surface area contributed by atoms with E-state index >= 15 is 0 Å². The van der Waals surface area contributed by atoms with Gasteiger partial charge in [-0.1, -0.05) is 47.7 Å². The zero-order valence-electron chi connectivity index (χ0n) is 29.2.